The van der Waals surface area contributed by atoms with Crippen molar-refractivity contribution in [2.75, 3.05) is 22.1 Å². The van der Waals surface area contributed by atoms with Crippen LogP contribution in [0.3, 0.4) is 0 Å². The number of nitrogens with one attached hydrogen (secondary N) is 2. The predicted molar refractivity (Wildman–Crippen MR) is 129 cm³/mol. The number of imidazole rings is 1. The van der Waals surface area contributed by atoms with Crippen molar-refractivity contribution in [1.82, 2.24) is 9.55 Å². The summed E-state index contributed by atoms with van der Waals surface area (Å²) in [7, 11) is 0. The van der Waals surface area contributed by atoms with Crippen molar-refractivity contribution in [2.24, 2.45) is 0 Å². The number of carbonyl (C=O) groups is 2. The lowest BCUT2D eigenvalue weighted by Crippen LogP contribution is -2.16. The summed E-state index contributed by atoms with van der Waals surface area (Å²) < 4.78 is 2.27. The molecule has 4 rings (SSSR count). The predicted octanol–water partition coefficient (Wildman–Crippen LogP) is 5.03. The molecule has 0 aliphatic carbocycles. The first-order chi connectivity index (χ1) is 15.2. The van der Waals surface area contributed by atoms with E-state index in [1.54, 1.807) is 36.8 Å². The minimum Gasteiger partial charge on any atom is -0.337 e. The lowest BCUT2D eigenvalue weighted by Gasteiger charge is -2.21. The topological polar surface area (TPSA) is 76.0 Å². The zero-order chi connectivity index (χ0) is 21.5. The second-order valence-electron chi connectivity index (χ2n) is 7.19. The van der Waals surface area contributed by atoms with Gasteiger partial charge in [0, 0.05) is 42.3 Å². The van der Waals surface area contributed by atoms with E-state index in [4.69, 9.17) is 0 Å². The molecule has 8 heteroatoms. The molecular weight excluding hydrogens is 428 g/mol. The standard InChI is InChI=1S/C23H24N4O2S2/c28-21(8-10-27-11-9-24-16-27)25-19-6-1-4-17(14-19)22(29)26-20-7-2-5-18(15-20)23-30-12-3-13-31-23/h1-2,4-7,9,11,14-16,23H,3,8,10,12-13H2,(H,25,28)(H,26,29). The van der Waals surface area contributed by atoms with Crippen LogP contribution in [0, 0.1) is 0 Å². The molecule has 0 bridgehead atoms. The Bertz CT molecular complexity index is 1030. The van der Waals surface area contributed by atoms with Gasteiger partial charge in [-0.2, -0.15) is 0 Å². The molecular formula is C23H24N4O2S2. The molecule has 2 aromatic carbocycles. The Hall–Kier alpha value is -2.71. The molecule has 0 unspecified atom stereocenters. The second kappa shape index (κ2) is 10.5. The maximum Gasteiger partial charge on any atom is 0.255 e. The van der Waals surface area contributed by atoms with Crippen LogP contribution in [0.1, 0.15) is 33.3 Å². The summed E-state index contributed by atoms with van der Waals surface area (Å²) >= 11 is 3.91. The lowest BCUT2D eigenvalue weighted by atomic mass is 10.1. The number of hydrogen-bond acceptors (Lipinski definition) is 5. The zero-order valence-corrected chi connectivity index (χ0v) is 18.6. The van der Waals surface area contributed by atoms with Crippen molar-refractivity contribution in [3.63, 3.8) is 0 Å². The fraction of sp³-hybridized carbons (Fsp3) is 0.261. The van der Waals surface area contributed by atoms with Gasteiger partial charge in [-0.3, -0.25) is 9.59 Å². The lowest BCUT2D eigenvalue weighted by molar-refractivity contribution is -0.116. The molecule has 6 nitrogen and oxygen atoms in total. The number of hydrogen-bond donors (Lipinski definition) is 2. The summed E-state index contributed by atoms with van der Waals surface area (Å²) in [6.07, 6.45) is 6.76. The average molecular weight is 453 g/mol. The van der Waals surface area contributed by atoms with E-state index in [0.717, 1.165) is 5.69 Å². The van der Waals surface area contributed by atoms with Crippen molar-refractivity contribution in [1.29, 1.82) is 0 Å². The number of amides is 2. The van der Waals surface area contributed by atoms with Crippen LogP contribution in [0.5, 0.6) is 0 Å². The Morgan fingerprint density at radius 1 is 1.03 bits per heavy atom. The third-order valence-corrected chi connectivity index (χ3v) is 7.82. The summed E-state index contributed by atoms with van der Waals surface area (Å²) in [6, 6.07) is 15.0. The summed E-state index contributed by atoms with van der Waals surface area (Å²) in [5, 5.41) is 5.84. The Balaban J connectivity index is 1.36. The molecule has 0 saturated carbocycles. The van der Waals surface area contributed by atoms with E-state index in [-0.39, 0.29) is 11.8 Å². The van der Waals surface area contributed by atoms with Crippen LogP contribution in [0.15, 0.2) is 67.3 Å². The van der Waals surface area contributed by atoms with Gasteiger partial charge in [-0.1, -0.05) is 18.2 Å². The Labute approximate surface area is 190 Å². The molecule has 0 atom stereocenters. The average Bonchev–Trinajstić information content (AvgIpc) is 3.32. The van der Waals surface area contributed by atoms with Crippen molar-refractivity contribution in [3.8, 4) is 0 Å². The first-order valence-electron chi connectivity index (χ1n) is 10.2. The zero-order valence-electron chi connectivity index (χ0n) is 17.0. The van der Waals surface area contributed by atoms with Crippen LogP contribution in [0.25, 0.3) is 0 Å². The highest BCUT2D eigenvalue weighted by Gasteiger charge is 2.17. The van der Waals surface area contributed by atoms with Crippen molar-refractivity contribution >= 4 is 46.7 Å². The molecule has 2 heterocycles. The fourth-order valence-corrected chi connectivity index (χ4v) is 6.13. The normalized spacial score (nSPS) is 14.2. The minimum atomic E-state index is -0.199. The van der Waals surface area contributed by atoms with E-state index in [9.17, 15) is 9.59 Å². The number of anilines is 2. The maximum atomic E-state index is 12.8. The summed E-state index contributed by atoms with van der Waals surface area (Å²) in [4.78, 5) is 29.0. The van der Waals surface area contributed by atoms with E-state index in [2.05, 4.69) is 27.8 Å². The highest BCUT2D eigenvalue weighted by Crippen LogP contribution is 2.44. The molecule has 160 valence electrons. The monoisotopic (exact) mass is 452 g/mol. The van der Waals surface area contributed by atoms with Gasteiger partial charge in [0.05, 0.1) is 10.9 Å². The molecule has 31 heavy (non-hydrogen) atoms. The van der Waals surface area contributed by atoms with Crippen LogP contribution in [-0.2, 0) is 11.3 Å². The quantitative estimate of drug-likeness (QED) is 0.526. The van der Waals surface area contributed by atoms with Gasteiger partial charge in [-0.15, -0.1) is 23.5 Å². The first kappa shape index (κ1) is 21.5. The molecule has 0 radical (unpaired) electrons. The van der Waals surface area contributed by atoms with Crippen molar-refractivity contribution in [2.45, 2.75) is 24.0 Å². The van der Waals surface area contributed by atoms with Crippen molar-refractivity contribution in [3.05, 3.63) is 78.4 Å². The van der Waals surface area contributed by atoms with Crippen LogP contribution in [0.2, 0.25) is 0 Å². The van der Waals surface area contributed by atoms with Crippen LogP contribution in [0.4, 0.5) is 11.4 Å². The van der Waals surface area contributed by atoms with Gasteiger partial charge in [0.25, 0.3) is 5.91 Å². The summed E-state index contributed by atoms with van der Waals surface area (Å²) in [5.74, 6) is 2.04. The van der Waals surface area contributed by atoms with E-state index >= 15 is 0 Å². The molecule has 0 spiro atoms. The smallest absolute Gasteiger partial charge is 0.255 e. The third kappa shape index (κ3) is 6.15. The fourth-order valence-electron chi connectivity index (χ4n) is 3.26. The van der Waals surface area contributed by atoms with Gasteiger partial charge in [-0.05, 0) is 53.8 Å². The number of aromatic nitrogens is 2. The number of rotatable bonds is 7. The van der Waals surface area contributed by atoms with Crippen LogP contribution >= 0.6 is 23.5 Å². The molecule has 1 aliphatic rings. The molecule has 2 amide bonds. The van der Waals surface area contributed by atoms with Crippen molar-refractivity contribution < 1.29 is 9.59 Å². The summed E-state index contributed by atoms with van der Waals surface area (Å²) in [5.41, 5.74) is 3.11. The third-order valence-electron chi connectivity index (χ3n) is 4.81. The molecule has 3 aromatic rings. The highest BCUT2D eigenvalue weighted by molar-refractivity contribution is 8.16. The van der Waals surface area contributed by atoms with Gasteiger partial charge < -0.3 is 15.2 Å². The summed E-state index contributed by atoms with van der Waals surface area (Å²) in [6.45, 7) is 0.555. The Morgan fingerprint density at radius 2 is 1.81 bits per heavy atom. The number of thioether (sulfide) groups is 2. The van der Waals surface area contributed by atoms with Gasteiger partial charge in [-0.25, -0.2) is 4.98 Å². The largest absolute Gasteiger partial charge is 0.337 e. The van der Waals surface area contributed by atoms with E-state index in [1.807, 2.05) is 46.4 Å². The van der Waals surface area contributed by atoms with Gasteiger partial charge in [0.15, 0.2) is 0 Å². The minimum absolute atomic E-state index is 0.110. The van der Waals surface area contributed by atoms with Crippen LogP contribution < -0.4 is 10.6 Å². The molecule has 1 saturated heterocycles. The number of benzene rings is 2. The van der Waals surface area contributed by atoms with E-state index in [0.29, 0.717) is 28.8 Å². The van der Waals surface area contributed by atoms with Gasteiger partial charge in [0.1, 0.15) is 0 Å². The van der Waals surface area contributed by atoms with E-state index in [1.165, 1.54) is 23.5 Å². The Kier molecular flexibility index (Phi) is 7.32. The molecule has 1 aliphatic heterocycles. The van der Waals surface area contributed by atoms with E-state index < -0.39 is 0 Å². The molecule has 1 fully saturated rings. The maximum absolute atomic E-state index is 12.8. The van der Waals surface area contributed by atoms with Crippen LogP contribution in [-0.4, -0.2) is 32.9 Å². The van der Waals surface area contributed by atoms with Gasteiger partial charge in [0.2, 0.25) is 5.91 Å². The SMILES string of the molecule is O=C(CCn1ccnc1)Nc1cccc(C(=O)Nc2cccc(C3SCCCS3)c2)c1. The number of nitrogens with zero attached hydrogens (tertiary/aromatic N) is 2. The molecule has 1 aromatic heterocycles. The first-order valence-corrected chi connectivity index (χ1v) is 12.3. The molecule has 2 N–H and O–H groups in total. The number of carbonyl (C=O) groups excluding carboxylic acids is 2. The van der Waals surface area contributed by atoms with Gasteiger partial charge >= 0.3 is 0 Å². The Morgan fingerprint density at radius 3 is 2.58 bits per heavy atom. The highest BCUT2D eigenvalue weighted by atomic mass is 32.2. The second-order valence-corrected chi connectivity index (χ2v) is 9.91. The number of aryl methyl sites for hydroxylation is 1.